The summed E-state index contributed by atoms with van der Waals surface area (Å²) in [5.41, 5.74) is 1.82. The fourth-order valence-corrected chi connectivity index (χ4v) is 5.23. The molecule has 13 heteroatoms. The van der Waals surface area contributed by atoms with Gasteiger partial charge < -0.3 is 20.1 Å². The van der Waals surface area contributed by atoms with Gasteiger partial charge >= 0.3 is 6.03 Å². The number of aliphatic hydroxyl groups excluding tert-OH is 1. The van der Waals surface area contributed by atoms with Gasteiger partial charge in [-0.05, 0) is 55.7 Å². The van der Waals surface area contributed by atoms with Gasteiger partial charge in [0, 0.05) is 49.5 Å². The van der Waals surface area contributed by atoms with Gasteiger partial charge in [0.1, 0.15) is 12.4 Å². The van der Waals surface area contributed by atoms with Crippen molar-refractivity contribution in [1.29, 1.82) is 0 Å². The molecule has 2 amide bonds. The van der Waals surface area contributed by atoms with Crippen molar-refractivity contribution in [3.63, 3.8) is 0 Å². The molecule has 1 heterocycles. The predicted molar refractivity (Wildman–Crippen MR) is 165 cm³/mol. The average Bonchev–Trinajstić information content (AvgIpc) is 3.34. The number of carbonyl (C=O) groups excluding carboxylic acids is 1. The number of hydrogen-bond acceptors (Lipinski definition) is 8. The molecule has 0 spiro atoms. The van der Waals surface area contributed by atoms with Crippen LogP contribution in [-0.2, 0) is 16.6 Å². The molecule has 0 aliphatic carbocycles. The number of urea groups is 1. The molecule has 0 bridgehead atoms. The van der Waals surface area contributed by atoms with Crippen molar-refractivity contribution in [1.82, 2.24) is 10.2 Å². The first-order valence-corrected chi connectivity index (χ1v) is 15.7. The Bertz CT molecular complexity index is 1530. The van der Waals surface area contributed by atoms with E-state index in [1.54, 1.807) is 40.1 Å². The second-order valence-corrected chi connectivity index (χ2v) is 12.9. The zero-order valence-electron chi connectivity index (χ0n) is 24.4. The number of rotatable bonds is 14. The number of nitro groups is 1. The van der Waals surface area contributed by atoms with Gasteiger partial charge in [-0.1, -0.05) is 36.4 Å². The number of amides is 2. The summed E-state index contributed by atoms with van der Waals surface area (Å²) in [7, 11) is -3.60. The first-order chi connectivity index (χ1) is 20.3. The van der Waals surface area contributed by atoms with Crippen molar-refractivity contribution in [2.45, 2.75) is 38.5 Å². The Balaban J connectivity index is 1.33. The third-order valence-corrected chi connectivity index (χ3v) is 7.76. The van der Waals surface area contributed by atoms with E-state index in [-0.39, 0.29) is 30.6 Å². The summed E-state index contributed by atoms with van der Waals surface area (Å²) in [6.07, 6.45) is 0.720. The lowest BCUT2D eigenvalue weighted by Gasteiger charge is -2.30. The van der Waals surface area contributed by atoms with E-state index in [9.17, 15) is 28.4 Å². The summed E-state index contributed by atoms with van der Waals surface area (Å²) in [6, 6.07) is 20.1. The number of ether oxygens (including phenoxy) is 1. The number of hydrogen-bond donors (Lipinski definition) is 3. The maximum Gasteiger partial charge on any atom is 0.324 e. The van der Waals surface area contributed by atoms with Crippen LogP contribution in [0.15, 0.2) is 72.8 Å². The minimum Gasteiger partial charge on any atom is -0.487 e. The summed E-state index contributed by atoms with van der Waals surface area (Å²) >= 11 is 0. The Hall–Kier alpha value is -4.20. The maximum absolute atomic E-state index is 13.0. The largest absolute Gasteiger partial charge is 0.487 e. The Kier molecular flexibility index (Phi) is 9.89. The van der Waals surface area contributed by atoms with Crippen LogP contribution in [0.5, 0.6) is 5.75 Å². The predicted octanol–water partition coefficient (Wildman–Crippen LogP) is 4.28. The van der Waals surface area contributed by atoms with Gasteiger partial charge in [-0.2, -0.15) is 0 Å². The number of sulfonamides is 1. The molecular formula is C30H37N5O7S. The molecule has 1 fully saturated rings. The van der Waals surface area contributed by atoms with Crippen molar-refractivity contribution in [2.75, 3.05) is 42.1 Å². The van der Waals surface area contributed by atoms with Crippen molar-refractivity contribution < 1.29 is 28.0 Å². The molecule has 1 unspecified atom stereocenters. The molecule has 4 rings (SSSR count). The summed E-state index contributed by atoms with van der Waals surface area (Å²) in [6.45, 7) is 5.90. The summed E-state index contributed by atoms with van der Waals surface area (Å²) in [5, 5.41) is 25.2. The van der Waals surface area contributed by atoms with Crippen LogP contribution in [0.3, 0.4) is 0 Å². The molecule has 12 nitrogen and oxygen atoms in total. The van der Waals surface area contributed by atoms with Gasteiger partial charge in [0.05, 0.1) is 23.0 Å². The first-order valence-electron chi connectivity index (χ1n) is 13.8. The number of nitrogens with zero attached hydrogens (tertiary/aromatic N) is 3. The number of β-amino-alcohol motifs (C(OH)–C–C–N with tert-alkyl or cyclic N) is 1. The van der Waals surface area contributed by atoms with Gasteiger partial charge in [-0.15, -0.1) is 0 Å². The Morgan fingerprint density at radius 2 is 1.77 bits per heavy atom. The normalized spacial score (nSPS) is 14.6. The molecule has 1 atom stereocenters. The second-order valence-electron chi connectivity index (χ2n) is 11.1. The average molecular weight is 612 g/mol. The molecule has 3 aromatic rings. The van der Waals surface area contributed by atoms with E-state index in [0.717, 1.165) is 11.8 Å². The Morgan fingerprint density at radius 3 is 2.42 bits per heavy atom. The lowest BCUT2D eigenvalue weighted by Crippen LogP contribution is -2.44. The number of carbonyl (C=O) groups is 1. The highest BCUT2D eigenvalue weighted by Crippen LogP contribution is 2.30. The van der Waals surface area contributed by atoms with E-state index in [4.69, 9.17) is 4.74 Å². The third-order valence-electron chi connectivity index (χ3n) is 7.17. The fourth-order valence-electron chi connectivity index (χ4n) is 4.67. The maximum atomic E-state index is 13.0. The van der Waals surface area contributed by atoms with E-state index in [0.29, 0.717) is 43.1 Å². The lowest BCUT2D eigenvalue weighted by molar-refractivity contribution is -0.384. The molecule has 3 N–H and O–H groups in total. The topological polar surface area (TPSA) is 154 Å². The number of nitrogens with one attached hydrogen (secondary N) is 2. The number of aliphatic hydroxyl groups is 1. The van der Waals surface area contributed by atoms with Crippen LogP contribution in [0.4, 0.5) is 21.9 Å². The summed E-state index contributed by atoms with van der Waals surface area (Å²) < 4.78 is 32.4. The monoisotopic (exact) mass is 611 g/mol. The van der Waals surface area contributed by atoms with Gasteiger partial charge in [0.15, 0.2) is 0 Å². The van der Waals surface area contributed by atoms with E-state index >= 15 is 0 Å². The van der Waals surface area contributed by atoms with Crippen molar-refractivity contribution >= 4 is 33.1 Å². The Labute approximate surface area is 251 Å². The minimum absolute atomic E-state index is 0.0301. The standard InChI is InChI=1S/C30H37N5O7S/c1-30(2,15-16-33-17-18-34(29(33)37)24-10-12-25(13-11-24)35(38)39)31-20-27(36)23-9-14-28(26(19-23)32-43(3,40)41)42-21-22-7-5-4-6-8-22/h4-14,19,27,31-32,36H,15-18,20-21H2,1-3H3. The number of non-ortho nitro benzene ring substituents is 1. The van der Waals surface area contributed by atoms with Crippen LogP contribution >= 0.6 is 0 Å². The van der Waals surface area contributed by atoms with Crippen LogP contribution in [0, 0.1) is 10.1 Å². The van der Waals surface area contributed by atoms with E-state index in [1.807, 2.05) is 44.2 Å². The minimum atomic E-state index is -3.60. The molecule has 230 valence electrons. The highest BCUT2D eigenvalue weighted by Gasteiger charge is 2.31. The third kappa shape index (κ3) is 8.89. The Morgan fingerprint density at radius 1 is 1.07 bits per heavy atom. The zero-order chi connectivity index (χ0) is 31.2. The van der Waals surface area contributed by atoms with Crippen molar-refractivity contribution in [2.24, 2.45) is 0 Å². The number of nitro benzene ring substituents is 1. The summed E-state index contributed by atoms with van der Waals surface area (Å²) in [5.74, 6) is 0.344. The molecule has 1 aliphatic heterocycles. The van der Waals surface area contributed by atoms with Crippen LogP contribution < -0.4 is 19.7 Å². The number of anilines is 2. The zero-order valence-corrected chi connectivity index (χ0v) is 25.2. The van der Waals surface area contributed by atoms with Crippen molar-refractivity contribution in [3.05, 3.63) is 94.0 Å². The molecule has 3 aromatic carbocycles. The molecule has 0 saturated carbocycles. The summed E-state index contributed by atoms with van der Waals surface area (Å²) in [4.78, 5) is 26.8. The highest BCUT2D eigenvalue weighted by molar-refractivity contribution is 7.92. The van der Waals surface area contributed by atoms with Gasteiger partial charge in [0.2, 0.25) is 10.0 Å². The van der Waals surface area contributed by atoms with Crippen LogP contribution in [0.2, 0.25) is 0 Å². The first kappa shape index (κ1) is 31.7. The van der Waals surface area contributed by atoms with E-state index in [2.05, 4.69) is 10.0 Å². The van der Waals surface area contributed by atoms with Gasteiger partial charge in [0.25, 0.3) is 5.69 Å². The smallest absolute Gasteiger partial charge is 0.324 e. The fraction of sp³-hybridized carbons (Fsp3) is 0.367. The molecule has 43 heavy (non-hydrogen) atoms. The van der Waals surface area contributed by atoms with Crippen LogP contribution in [-0.4, -0.2) is 67.4 Å². The molecule has 1 saturated heterocycles. The molecular weight excluding hydrogens is 574 g/mol. The lowest BCUT2D eigenvalue weighted by atomic mass is 9.99. The molecule has 1 aliphatic rings. The van der Waals surface area contributed by atoms with Gasteiger partial charge in [-0.3, -0.25) is 19.7 Å². The molecule has 0 aromatic heterocycles. The van der Waals surface area contributed by atoms with Gasteiger partial charge in [-0.25, -0.2) is 13.2 Å². The van der Waals surface area contributed by atoms with Crippen LogP contribution in [0.25, 0.3) is 0 Å². The highest BCUT2D eigenvalue weighted by atomic mass is 32.2. The quantitative estimate of drug-likeness (QED) is 0.180. The second kappa shape index (κ2) is 13.4. The number of benzene rings is 3. The van der Waals surface area contributed by atoms with Crippen LogP contribution in [0.1, 0.15) is 37.5 Å². The van der Waals surface area contributed by atoms with E-state index in [1.165, 1.54) is 12.1 Å². The van der Waals surface area contributed by atoms with Crippen molar-refractivity contribution in [3.8, 4) is 5.75 Å². The van der Waals surface area contributed by atoms with E-state index < -0.39 is 26.6 Å². The SMILES string of the molecule is CC(C)(CCN1CCN(c2ccc([N+](=O)[O-])cc2)C1=O)NCC(O)c1ccc(OCc2ccccc2)c(NS(C)(=O)=O)c1. The molecule has 0 radical (unpaired) electrons.